The van der Waals surface area contributed by atoms with Gasteiger partial charge in [-0.3, -0.25) is 0 Å². The Balaban J connectivity index is 2.68. The Labute approximate surface area is 130 Å². The van der Waals surface area contributed by atoms with Gasteiger partial charge < -0.3 is 9.47 Å². The Morgan fingerprint density at radius 1 is 0.957 bits per heavy atom. The van der Waals surface area contributed by atoms with Gasteiger partial charge in [-0.25, -0.2) is 9.97 Å². The first-order valence-electron chi connectivity index (χ1n) is 6.59. The van der Waals surface area contributed by atoms with Gasteiger partial charge in [-0.05, 0) is 20.8 Å². The quantitative estimate of drug-likeness (QED) is 0.862. The van der Waals surface area contributed by atoms with Crippen LogP contribution in [0.3, 0.4) is 0 Å². The van der Waals surface area contributed by atoms with Crippen molar-refractivity contribution < 1.29 is 22.6 Å². The van der Waals surface area contributed by atoms with Crippen LogP contribution in [0.2, 0.25) is 0 Å². The summed E-state index contributed by atoms with van der Waals surface area (Å²) in [6, 6.07) is 0. The van der Waals surface area contributed by atoms with Crippen molar-refractivity contribution in [2.75, 3.05) is 7.11 Å². The van der Waals surface area contributed by atoms with E-state index < -0.39 is 29.1 Å². The summed E-state index contributed by atoms with van der Waals surface area (Å²) in [5.41, 5.74) is -1.70. The topological polar surface area (TPSA) is 70.0 Å². The zero-order valence-electron chi connectivity index (χ0n) is 13.0. The van der Waals surface area contributed by atoms with E-state index in [2.05, 4.69) is 19.9 Å². The summed E-state index contributed by atoms with van der Waals surface area (Å²) < 4.78 is 50.2. The summed E-state index contributed by atoms with van der Waals surface area (Å²) in [6.07, 6.45) is -0.666. The van der Waals surface area contributed by atoms with Crippen LogP contribution in [0.25, 0.3) is 11.4 Å². The molecule has 0 bridgehead atoms. The van der Waals surface area contributed by atoms with Gasteiger partial charge in [0.05, 0.1) is 12.7 Å². The predicted octanol–water partition coefficient (Wildman–Crippen LogP) is 3.14. The van der Waals surface area contributed by atoms with Gasteiger partial charge in [0, 0.05) is 12.4 Å². The van der Waals surface area contributed by atoms with Crippen LogP contribution in [0.15, 0.2) is 18.7 Å². The van der Waals surface area contributed by atoms with Crippen molar-refractivity contribution in [3.8, 4) is 23.1 Å². The minimum absolute atomic E-state index is 0.0188. The third kappa shape index (κ3) is 4.05. The second-order valence-electron chi connectivity index (χ2n) is 5.58. The highest BCUT2D eigenvalue weighted by Crippen LogP contribution is 2.42. The van der Waals surface area contributed by atoms with Gasteiger partial charge in [-0.15, -0.1) is 0 Å². The first kappa shape index (κ1) is 16.9. The molecular weight excluding hydrogens is 313 g/mol. The predicted molar refractivity (Wildman–Crippen MR) is 75.0 cm³/mol. The van der Waals surface area contributed by atoms with E-state index >= 15 is 0 Å². The number of rotatable bonds is 3. The van der Waals surface area contributed by atoms with E-state index in [1.807, 2.05) is 0 Å². The van der Waals surface area contributed by atoms with Crippen molar-refractivity contribution in [2.45, 2.75) is 32.5 Å². The maximum absolute atomic E-state index is 13.3. The molecule has 0 N–H and O–H groups in total. The van der Waals surface area contributed by atoms with Crippen LogP contribution >= 0.6 is 0 Å². The molecule has 2 aromatic rings. The van der Waals surface area contributed by atoms with Crippen LogP contribution in [-0.2, 0) is 6.18 Å². The molecule has 0 amide bonds. The number of halogens is 3. The molecule has 9 heteroatoms. The molecule has 0 unspecified atom stereocenters. The summed E-state index contributed by atoms with van der Waals surface area (Å²) >= 11 is 0. The normalized spacial score (nSPS) is 12.1. The molecule has 0 spiro atoms. The standard InChI is InChI=1S/C14H15F3N4O2/c1-13(2,3)23-12-9(14(15,16)17)11(22-4)20-10(21-12)8-5-18-7-19-6-8/h5-7H,1-4H3. The van der Waals surface area contributed by atoms with Crippen molar-refractivity contribution >= 4 is 0 Å². The summed E-state index contributed by atoms with van der Waals surface area (Å²) in [7, 11) is 1.10. The number of hydrogen-bond acceptors (Lipinski definition) is 6. The first-order valence-corrected chi connectivity index (χ1v) is 6.59. The number of alkyl halides is 3. The molecule has 0 fully saturated rings. The molecule has 23 heavy (non-hydrogen) atoms. The van der Waals surface area contributed by atoms with Gasteiger partial charge in [-0.2, -0.15) is 23.1 Å². The number of hydrogen-bond donors (Lipinski definition) is 0. The number of nitrogens with zero attached hydrogens (tertiary/aromatic N) is 4. The second-order valence-corrected chi connectivity index (χ2v) is 5.58. The first-order chi connectivity index (χ1) is 10.6. The lowest BCUT2D eigenvalue weighted by molar-refractivity contribution is -0.141. The molecule has 0 aromatic carbocycles. The van der Waals surface area contributed by atoms with Gasteiger partial charge >= 0.3 is 6.18 Å². The van der Waals surface area contributed by atoms with E-state index in [1.165, 1.54) is 18.7 Å². The SMILES string of the molecule is COc1nc(-c2cncnc2)nc(OC(C)(C)C)c1C(F)(F)F. The molecule has 0 atom stereocenters. The number of methoxy groups -OCH3 is 1. The molecule has 0 saturated carbocycles. The Morgan fingerprint density at radius 3 is 2.00 bits per heavy atom. The Morgan fingerprint density at radius 2 is 1.52 bits per heavy atom. The highest BCUT2D eigenvalue weighted by molar-refractivity contribution is 5.55. The molecule has 124 valence electrons. The van der Waals surface area contributed by atoms with Crippen LogP contribution in [-0.4, -0.2) is 32.6 Å². The van der Waals surface area contributed by atoms with Crippen molar-refractivity contribution in [1.29, 1.82) is 0 Å². The molecule has 0 radical (unpaired) electrons. The van der Waals surface area contributed by atoms with E-state index in [0.717, 1.165) is 7.11 Å². The number of aromatic nitrogens is 4. The van der Waals surface area contributed by atoms with Gasteiger partial charge in [0.25, 0.3) is 0 Å². The van der Waals surface area contributed by atoms with Gasteiger partial charge in [0.15, 0.2) is 11.4 Å². The van der Waals surface area contributed by atoms with Gasteiger partial charge in [-0.1, -0.05) is 0 Å². The minimum atomic E-state index is -4.72. The lowest BCUT2D eigenvalue weighted by Gasteiger charge is -2.24. The van der Waals surface area contributed by atoms with Crippen molar-refractivity contribution in [3.63, 3.8) is 0 Å². The van der Waals surface area contributed by atoms with Gasteiger partial charge in [0.1, 0.15) is 11.9 Å². The maximum atomic E-state index is 13.3. The average molecular weight is 328 g/mol. The molecule has 0 aliphatic heterocycles. The highest BCUT2D eigenvalue weighted by atomic mass is 19.4. The molecular formula is C14H15F3N4O2. The Bertz CT molecular complexity index is 685. The van der Waals surface area contributed by atoms with Crippen LogP contribution in [0.5, 0.6) is 11.8 Å². The van der Waals surface area contributed by atoms with Crippen LogP contribution in [0.1, 0.15) is 26.3 Å². The van der Waals surface area contributed by atoms with Crippen molar-refractivity contribution in [1.82, 2.24) is 19.9 Å². The molecule has 0 aliphatic rings. The van der Waals surface area contributed by atoms with Crippen LogP contribution in [0.4, 0.5) is 13.2 Å². The van der Waals surface area contributed by atoms with E-state index in [9.17, 15) is 13.2 Å². The van der Waals surface area contributed by atoms with Crippen molar-refractivity contribution in [2.24, 2.45) is 0 Å². The fraction of sp³-hybridized carbons (Fsp3) is 0.429. The summed E-state index contributed by atoms with van der Waals surface area (Å²) in [5.74, 6) is -1.24. The van der Waals surface area contributed by atoms with E-state index in [4.69, 9.17) is 9.47 Å². The zero-order valence-corrected chi connectivity index (χ0v) is 13.0. The Hall–Kier alpha value is -2.45. The van der Waals surface area contributed by atoms with E-state index in [0.29, 0.717) is 5.56 Å². The molecule has 0 saturated heterocycles. The fourth-order valence-electron chi connectivity index (χ4n) is 1.72. The zero-order chi connectivity index (χ0) is 17.3. The molecule has 0 aliphatic carbocycles. The lowest BCUT2D eigenvalue weighted by Crippen LogP contribution is -2.26. The third-order valence-electron chi connectivity index (χ3n) is 2.54. The van der Waals surface area contributed by atoms with Crippen molar-refractivity contribution in [3.05, 3.63) is 24.3 Å². The van der Waals surface area contributed by atoms with E-state index in [-0.39, 0.29) is 5.82 Å². The summed E-state index contributed by atoms with van der Waals surface area (Å²) in [6.45, 7) is 4.85. The minimum Gasteiger partial charge on any atom is -0.480 e. The van der Waals surface area contributed by atoms with E-state index in [1.54, 1.807) is 20.8 Å². The summed E-state index contributed by atoms with van der Waals surface area (Å²) in [4.78, 5) is 15.3. The molecule has 2 rings (SSSR count). The smallest absolute Gasteiger partial charge is 0.426 e. The Kier molecular flexibility index (Phi) is 4.39. The number of ether oxygens (including phenoxy) is 2. The monoisotopic (exact) mass is 328 g/mol. The second kappa shape index (κ2) is 5.98. The lowest BCUT2D eigenvalue weighted by atomic mass is 10.2. The fourth-order valence-corrected chi connectivity index (χ4v) is 1.72. The third-order valence-corrected chi connectivity index (χ3v) is 2.54. The largest absolute Gasteiger partial charge is 0.480 e. The summed E-state index contributed by atoms with van der Waals surface area (Å²) in [5, 5.41) is 0. The van der Waals surface area contributed by atoms with Gasteiger partial charge in [0.2, 0.25) is 11.8 Å². The highest BCUT2D eigenvalue weighted by Gasteiger charge is 2.42. The van der Waals surface area contributed by atoms with Crippen LogP contribution < -0.4 is 9.47 Å². The molecule has 2 heterocycles. The van der Waals surface area contributed by atoms with Crippen LogP contribution in [0, 0.1) is 0 Å². The maximum Gasteiger partial charge on any atom is 0.426 e. The molecule has 6 nitrogen and oxygen atoms in total. The molecule has 2 aromatic heterocycles. The average Bonchev–Trinajstić information content (AvgIpc) is 2.44.